The number of aryl methyl sites for hydroxylation is 2. The third kappa shape index (κ3) is 4.92. The number of nitrogens with one attached hydrogen (secondary N) is 1. The molecule has 4 aromatic carbocycles. The van der Waals surface area contributed by atoms with Crippen LogP contribution in [-0.4, -0.2) is 19.5 Å². The van der Waals surface area contributed by atoms with Gasteiger partial charge in [0.25, 0.3) is 10.0 Å². The van der Waals surface area contributed by atoms with Crippen LogP contribution in [0.1, 0.15) is 21.5 Å². The predicted molar refractivity (Wildman–Crippen MR) is 122 cm³/mol. The largest absolute Gasteiger partial charge is 0.478 e. The molecule has 5 nitrogen and oxygen atoms in total. The maximum Gasteiger partial charge on any atom is 0.335 e. The highest BCUT2D eigenvalue weighted by Gasteiger charge is 2.15. The van der Waals surface area contributed by atoms with Crippen molar-refractivity contribution in [1.82, 2.24) is 0 Å². The van der Waals surface area contributed by atoms with Gasteiger partial charge in [0.15, 0.2) is 0 Å². The molecule has 0 aliphatic heterocycles. The second kappa shape index (κ2) is 8.62. The number of anilines is 1. The van der Waals surface area contributed by atoms with E-state index in [2.05, 4.69) is 4.72 Å². The van der Waals surface area contributed by atoms with E-state index in [1.807, 2.05) is 42.5 Å². The minimum Gasteiger partial charge on any atom is -0.478 e. The van der Waals surface area contributed by atoms with Crippen molar-refractivity contribution in [3.05, 3.63) is 108 Å². The summed E-state index contributed by atoms with van der Waals surface area (Å²) in [5.41, 5.74) is 2.77. The number of carboxylic acid groups (broad SMARTS) is 1. The van der Waals surface area contributed by atoms with Crippen molar-refractivity contribution >= 4 is 32.5 Å². The van der Waals surface area contributed by atoms with Gasteiger partial charge >= 0.3 is 5.97 Å². The minimum atomic E-state index is -3.71. The van der Waals surface area contributed by atoms with Crippen LogP contribution in [0, 0.1) is 0 Å². The fourth-order valence-corrected chi connectivity index (χ4v) is 4.53. The number of aromatic carboxylic acids is 1. The molecule has 0 aliphatic carbocycles. The Morgan fingerprint density at radius 1 is 0.742 bits per heavy atom. The van der Waals surface area contributed by atoms with Gasteiger partial charge in [-0.2, -0.15) is 0 Å². The number of hydrogen-bond acceptors (Lipinski definition) is 3. The lowest BCUT2D eigenvalue weighted by molar-refractivity contribution is 0.0697. The Balaban J connectivity index is 1.47. The fraction of sp³-hybridized carbons (Fsp3) is 0.0800. The van der Waals surface area contributed by atoms with E-state index in [4.69, 9.17) is 5.11 Å². The van der Waals surface area contributed by atoms with Crippen LogP contribution in [0.25, 0.3) is 10.8 Å². The Hall–Kier alpha value is -3.64. The molecule has 0 atom stereocenters. The van der Waals surface area contributed by atoms with Crippen molar-refractivity contribution in [1.29, 1.82) is 0 Å². The monoisotopic (exact) mass is 431 g/mol. The highest BCUT2D eigenvalue weighted by Crippen LogP contribution is 2.22. The van der Waals surface area contributed by atoms with Crippen molar-refractivity contribution in [2.24, 2.45) is 0 Å². The number of carbonyl (C=O) groups is 1. The highest BCUT2D eigenvalue weighted by atomic mass is 32.2. The van der Waals surface area contributed by atoms with Crippen LogP contribution in [0.2, 0.25) is 0 Å². The lowest BCUT2D eigenvalue weighted by Gasteiger charge is -2.11. The number of fused-ring (bicyclic) bond motifs is 1. The highest BCUT2D eigenvalue weighted by molar-refractivity contribution is 7.92. The Labute approximate surface area is 181 Å². The summed E-state index contributed by atoms with van der Waals surface area (Å²) in [7, 11) is -3.71. The number of rotatable bonds is 7. The van der Waals surface area contributed by atoms with Crippen molar-refractivity contribution in [3.8, 4) is 0 Å². The Bertz CT molecular complexity index is 1350. The van der Waals surface area contributed by atoms with Gasteiger partial charge in [-0.05, 0) is 71.1 Å². The average Bonchev–Trinajstić information content (AvgIpc) is 2.77. The second-order valence-electron chi connectivity index (χ2n) is 7.32. The average molecular weight is 432 g/mol. The van der Waals surface area contributed by atoms with Gasteiger partial charge in [0.05, 0.1) is 10.5 Å². The second-order valence-corrected chi connectivity index (χ2v) is 9.00. The van der Waals surface area contributed by atoms with Crippen molar-refractivity contribution in [3.63, 3.8) is 0 Å². The molecule has 0 radical (unpaired) electrons. The zero-order valence-electron chi connectivity index (χ0n) is 16.7. The van der Waals surface area contributed by atoms with Crippen LogP contribution >= 0.6 is 0 Å². The smallest absolute Gasteiger partial charge is 0.335 e. The minimum absolute atomic E-state index is 0.218. The van der Waals surface area contributed by atoms with Crippen LogP contribution in [0.5, 0.6) is 0 Å². The third-order valence-corrected chi connectivity index (χ3v) is 6.49. The summed E-state index contributed by atoms with van der Waals surface area (Å²) in [4.78, 5) is 11.2. The van der Waals surface area contributed by atoms with E-state index >= 15 is 0 Å². The first kappa shape index (κ1) is 20.6. The van der Waals surface area contributed by atoms with Crippen molar-refractivity contribution in [2.45, 2.75) is 17.7 Å². The van der Waals surface area contributed by atoms with Crippen LogP contribution in [0.4, 0.5) is 5.69 Å². The number of sulfonamides is 1. The van der Waals surface area contributed by atoms with Gasteiger partial charge in [-0.25, -0.2) is 13.2 Å². The summed E-state index contributed by atoms with van der Waals surface area (Å²) >= 11 is 0. The molecule has 0 unspecified atom stereocenters. The number of carboxylic acids is 1. The van der Waals surface area contributed by atoms with E-state index < -0.39 is 16.0 Å². The molecule has 4 rings (SSSR count). The van der Waals surface area contributed by atoms with Gasteiger partial charge < -0.3 is 5.11 Å². The van der Waals surface area contributed by atoms with E-state index in [9.17, 15) is 13.2 Å². The van der Waals surface area contributed by atoms with Crippen LogP contribution in [-0.2, 0) is 22.9 Å². The Kier molecular flexibility index (Phi) is 5.73. The first-order chi connectivity index (χ1) is 14.9. The van der Waals surface area contributed by atoms with Gasteiger partial charge in [0, 0.05) is 5.69 Å². The van der Waals surface area contributed by atoms with Crippen molar-refractivity contribution < 1.29 is 18.3 Å². The van der Waals surface area contributed by atoms with E-state index in [1.54, 1.807) is 48.5 Å². The molecule has 0 aliphatic rings. The molecular weight excluding hydrogens is 410 g/mol. The summed E-state index contributed by atoms with van der Waals surface area (Å²) in [6, 6.07) is 26.8. The topological polar surface area (TPSA) is 83.5 Å². The van der Waals surface area contributed by atoms with Gasteiger partial charge in [0.1, 0.15) is 0 Å². The molecule has 0 bridgehead atoms. The van der Waals surface area contributed by atoms with Crippen molar-refractivity contribution in [2.75, 3.05) is 4.72 Å². The Morgan fingerprint density at radius 3 is 2.19 bits per heavy atom. The van der Waals surface area contributed by atoms with E-state index in [0.29, 0.717) is 12.1 Å². The molecular formula is C25H21NO4S. The lowest BCUT2D eigenvalue weighted by atomic mass is 10.0. The molecule has 6 heteroatoms. The summed E-state index contributed by atoms with van der Waals surface area (Å²) in [6.45, 7) is 0. The van der Waals surface area contributed by atoms with Crippen LogP contribution < -0.4 is 4.72 Å². The van der Waals surface area contributed by atoms with Crippen LogP contribution in [0.3, 0.4) is 0 Å². The standard InChI is InChI=1S/C25H21NO4S/c27-25(28)21-12-10-18(11-13-21)8-9-19-4-3-7-23(16-19)26-31(29,30)24-15-14-20-5-1-2-6-22(20)17-24/h1-7,10-17,26H,8-9H2,(H,27,28). The van der Waals surface area contributed by atoms with E-state index in [0.717, 1.165) is 28.3 Å². The summed E-state index contributed by atoms with van der Waals surface area (Å²) < 4.78 is 28.4. The summed E-state index contributed by atoms with van der Waals surface area (Å²) in [6.07, 6.45) is 1.43. The molecule has 0 spiro atoms. The zero-order valence-corrected chi connectivity index (χ0v) is 17.5. The maximum atomic E-state index is 12.9. The third-order valence-electron chi connectivity index (χ3n) is 5.11. The molecule has 156 valence electrons. The summed E-state index contributed by atoms with van der Waals surface area (Å²) in [5, 5.41) is 10.8. The number of benzene rings is 4. The van der Waals surface area contributed by atoms with E-state index in [-0.39, 0.29) is 10.5 Å². The molecule has 0 amide bonds. The van der Waals surface area contributed by atoms with E-state index in [1.165, 1.54) is 0 Å². The quantitative estimate of drug-likeness (QED) is 0.425. The molecule has 0 heterocycles. The molecule has 0 fully saturated rings. The molecule has 2 N–H and O–H groups in total. The first-order valence-corrected chi connectivity index (χ1v) is 11.3. The maximum absolute atomic E-state index is 12.9. The first-order valence-electron chi connectivity index (χ1n) is 9.83. The normalized spacial score (nSPS) is 11.4. The van der Waals surface area contributed by atoms with Gasteiger partial charge in [-0.3, -0.25) is 4.72 Å². The molecule has 0 saturated heterocycles. The van der Waals surface area contributed by atoms with Gasteiger partial charge in [0.2, 0.25) is 0 Å². The molecule has 0 saturated carbocycles. The lowest BCUT2D eigenvalue weighted by Crippen LogP contribution is -2.13. The zero-order chi connectivity index (χ0) is 21.8. The van der Waals surface area contributed by atoms with Gasteiger partial charge in [-0.1, -0.05) is 54.6 Å². The fourth-order valence-electron chi connectivity index (χ4n) is 3.44. The molecule has 4 aromatic rings. The molecule has 31 heavy (non-hydrogen) atoms. The van der Waals surface area contributed by atoms with Gasteiger partial charge in [-0.15, -0.1) is 0 Å². The van der Waals surface area contributed by atoms with Crippen LogP contribution in [0.15, 0.2) is 95.9 Å². The summed E-state index contributed by atoms with van der Waals surface area (Å²) in [5.74, 6) is -0.946. The molecule has 0 aromatic heterocycles. The predicted octanol–water partition coefficient (Wildman–Crippen LogP) is 5.12. The Morgan fingerprint density at radius 2 is 1.45 bits per heavy atom. The SMILES string of the molecule is O=C(O)c1ccc(CCc2cccc(NS(=O)(=O)c3ccc4ccccc4c3)c2)cc1. The number of hydrogen-bond donors (Lipinski definition) is 2.